The molecule has 1 aromatic carbocycles. The number of benzene rings is 1. The van der Waals surface area contributed by atoms with Gasteiger partial charge in [-0.15, -0.1) is 0 Å². The van der Waals surface area contributed by atoms with E-state index in [1.807, 2.05) is 24.3 Å². The summed E-state index contributed by atoms with van der Waals surface area (Å²) < 4.78 is 9.97. The van der Waals surface area contributed by atoms with Gasteiger partial charge in [0.2, 0.25) is 5.13 Å². The van der Waals surface area contributed by atoms with Crippen LogP contribution in [0.1, 0.15) is 18.7 Å². The largest absolute Gasteiger partial charge is 0.490 e. The number of hydrogen-bond donors (Lipinski definition) is 1. The van der Waals surface area contributed by atoms with Gasteiger partial charge in [0.25, 0.3) is 0 Å². The van der Waals surface area contributed by atoms with Crippen molar-refractivity contribution < 1.29 is 9.53 Å². The normalized spacial score (nSPS) is 15.5. The summed E-state index contributed by atoms with van der Waals surface area (Å²) in [7, 11) is 0. The Morgan fingerprint density at radius 3 is 2.65 bits per heavy atom. The first-order valence-electron chi connectivity index (χ1n) is 7.38. The number of anilines is 1. The van der Waals surface area contributed by atoms with E-state index in [1.165, 1.54) is 11.5 Å². The molecule has 1 N–H and O–H groups in total. The quantitative estimate of drug-likeness (QED) is 0.916. The number of amides is 2. The molecule has 1 aliphatic heterocycles. The number of aryl methyl sites for hydroxylation is 1. The van der Waals surface area contributed by atoms with E-state index < -0.39 is 0 Å². The number of nitrogens with one attached hydrogen (secondary N) is 1. The van der Waals surface area contributed by atoms with Gasteiger partial charge in [-0.3, -0.25) is 5.32 Å². The highest BCUT2D eigenvalue weighted by Crippen LogP contribution is 2.21. The first-order valence-corrected chi connectivity index (χ1v) is 8.54. The van der Waals surface area contributed by atoms with E-state index in [1.54, 1.807) is 11.8 Å². The molecule has 1 aliphatic rings. The number of ether oxygens (including phenoxy) is 1. The first-order chi connectivity index (χ1) is 11.1. The summed E-state index contributed by atoms with van der Waals surface area (Å²) in [6.45, 7) is 3.11. The maximum Gasteiger partial charge on any atom is 0.323 e. The van der Waals surface area contributed by atoms with Crippen molar-refractivity contribution in [3.8, 4) is 5.75 Å². The monoisotopic (exact) mass is 352 g/mol. The Hall–Kier alpha value is -1.86. The molecule has 8 heteroatoms. The molecule has 0 radical (unpaired) electrons. The average Bonchev–Trinajstić information content (AvgIpc) is 2.95. The Morgan fingerprint density at radius 1 is 1.35 bits per heavy atom. The number of rotatable bonds is 3. The van der Waals surface area contributed by atoms with Crippen LogP contribution in [0.5, 0.6) is 5.75 Å². The molecule has 0 aliphatic carbocycles. The fraction of sp³-hybridized carbons (Fsp3) is 0.400. The number of carbonyl (C=O) groups excluding carboxylic acids is 1. The highest BCUT2D eigenvalue weighted by atomic mass is 35.5. The fourth-order valence-corrected chi connectivity index (χ4v) is 3.09. The highest BCUT2D eigenvalue weighted by molar-refractivity contribution is 7.09. The van der Waals surface area contributed by atoms with Crippen molar-refractivity contribution in [2.45, 2.75) is 25.9 Å². The standard InChI is InChI=1S/C15H17ClN4O2S/c1-10-17-14(23-19-10)18-15(21)20-8-6-13(7-9-20)22-12-4-2-11(16)3-5-12/h2-5,13H,6-9H2,1H3,(H,17,18,19,21). The molecular weight excluding hydrogens is 336 g/mol. The maximum atomic E-state index is 12.2. The summed E-state index contributed by atoms with van der Waals surface area (Å²) in [6, 6.07) is 7.21. The molecular formula is C15H17ClN4O2S. The summed E-state index contributed by atoms with van der Waals surface area (Å²) in [5, 5.41) is 4.00. The predicted molar refractivity (Wildman–Crippen MR) is 90.3 cm³/mol. The first kappa shape index (κ1) is 16.0. The molecule has 0 saturated carbocycles. The van der Waals surface area contributed by atoms with Crippen LogP contribution < -0.4 is 10.1 Å². The molecule has 23 heavy (non-hydrogen) atoms. The average molecular weight is 353 g/mol. The molecule has 1 aromatic heterocycles. The summed E-state index contributed by atoms with van der Waals surface area (Å²) in [4.78, 5) is 18.1. The van der Waals surface area contributed by atoms with Crippen molar-refractivity contribution in [1.29, 1.82) is 0 Å². The Bertz CT molecular complexity index is 668. The van der Waals surface area contributed by atoms with Gasteiger partial charge < -0.3 is 9.64 Å². The Balaban J connectivity index is 1.48. The molecule has 2 heterocycles. The van der Waals surface area contributed by atoms with Crippen LogP contribution in [0, 0.1) is 6.92 Å². The molecule has 2 aromatic rings. The van der Waals surface area contributed by atoms with Crippen molar-refractivity contribution in [2.75, 3.05) is 18.4 Å². The zero-order chi connectivity index (χ0) is 16.2. The number of piperidine rings is 1. The van der Waals surface area contributed by atoms with Crippen LogP contribution >= 0.6 is 23.1 Å². The predicted octanol–water partition coefficient (Wildman–Crippen LogP) is 3.58. The minimum Gasteiger partial charge on any atom is -0.490 e. The van der Waals surface area contributed by atoms with Crippen LogP contribution in [-0.2, 0) is 0 Å². The van der Waals surface area contributed by atoms with Crippen LogP contribution in [0.25, 0.3) is 0 Å². The second-order valence-electron chi connectivity index (χ2n) is 5.34. The molecule has 0 bridgehead atoms. The zero-order valence-corrected chi connectivity index (χ0v) is 14.2. The van der Waals surface area contributed by atoms with Gasteiger partial charge in [0.05, 0.1) is 0 Å². The summed E-state index contributed by atoms with van der Waals surface area (Å²) >= 11 is 7.05. The van der Waals surface area contributed by atoms with E-state index in [0.29, 0.717) is 29.1 Å². The summed E-state index contributed by atoms with van der Waals surface area (Å²) in [5.74, 6) is 1.47. The van der Waals surface area contributed by atoms with Crippen LogP contribution in [-0.4, -0.2) is 39.5 Å². The van der Waals surface area contributed by atoms with Crippen molar-refractivity contribution in [3.05, 3.63) is 35.1 Å². The van der Waals surface area contributed by atoms with Gasteiger partial charge >= 0.3 is 6.03 Å². The summed E-state index contributed by atoms with van der Waals surface area (Å²) in [6.07, 6.45) is 1.71. The van der Waals surface area contributed by atoms with E-state index in [0.717, 1.165) is 18.6 Å². The van der Waals surface area contributed by atoms with Gasteiger partial charge in [-0.05, 0) is 31.2 Å². The minimum atomic E-state index is -0.133. The molecule has 6 nitrogen and oxygen atoms in total. The Morgan fingerprint density at radius 2 is 2.04 bits per heavy atom. The lowest BCUT2D eigenvalue weighted by atomic mass is 10.1. The summed E-state index contributed by atoms with van der Waals surface area (Å²) in [5.41, 5.74) is 0. The van der Waals surface area contributed by atoms with Gasteiger partial charge in [0, 0.05) is 42.5 Å². The number of hydrogen-bond acceptors (Lipinski definition) is 5. The number of carbonyl (C=O) groups is 1. The number of halogens is 1. The molecule has 3 rings (SSSR count). The fourth-order valence-electron chi connectivity index (χ4n) is 2.40. The van der Waals surface area contributed by atoms with E-state index in [-0.39, 0.29) is 12.1 Å². The van der Waals surface area contributed by atoms with Gasteiger partial charge in [0.15, 0.2) is 0 Å². The number of likely N-dealkylation sites (tertiary alicyclic amines) is 1. The lowest BCUT2D eigenvalue weighted by Gasteiger charge is -2.31. The molecule has 0 spiro atoms. The van der Waals surface area contributed by atoms with E-state index in [4.69, 9.17) is 16.3 Å². The van der Waals surface area contributed by atoms with E-state index in [9.17, 15) is 4.79 Å². The van der Waals surface area contributed by atoms with Crippen LogP contribution in [0.3, 0.4) is 0 Å². The third-order valence-electron chi connectivity index (χ3n) is 3.59. The van der Waals surface area contributed by atoms with Crippen LogP contribution in [0.15, 0.2) is 24.3 Å². The highest BCUT2D eigenvalue weighted by Gasteiger charge is 2.24. The lowest BCUT2D eigenvalue weighted by Crippen LogP contribution is -2.43. The van der Waals surface area contributed by atoms with E-state index >= 15 is 0 Å². The lowest BCUT2D eigenvalue weighted by molar-refractivity contribution is 0.115. The molecule has 0 unspecified atom stereocenters. The zero-order valence-electron chi connectivity index (χ0n) is 12.7. The number of aromatic nitrogens is 2. The number of urea groups is 1. The molecule has 2 amide bonds. The Kier molecular flexibility index (Phi) is 4.97. The van der Waals surface area contributed by atoms with Crippen LogP contribution in [0.2, 0.25) is 5.02 Å². The topological polar surface area (TPSA) is 67.4 Å². The molecule has 122 valence electrons. The molecule has 1 saturated heterocycles. The van der Waals surface area contributed by atoms with Crippen molar-refractivity contribution in [3.63, 3.8) is 0 Å². The molecule has 1 fully saturated rings. The minimum absolute atomic E-state index is 0.115. The third-order valence-corrected chi connectivity index (χ3v) is 4.56. The third kappa shape index (κ3) is 4.33. The smallest absolute Gasteiger partial charge is 0.323 e. The van der Waals surface area contributed by atoms with Gasteiger partial charge in [-0.25, -0.2) is 9.78 Å². The van der Waals surface area contributed by atoms with Crippen molar-refractivity contribution >= 4 is 34.3 Å². The van der Waals surface area contributed by atoms with Gasteiger partial charge in [0.1, 0.15) is 17.7 Å². The van der Waals surface area contributed by atoms with Crippen molar-refractivity contribution in [1.82, 2.24) is 14.3 Å². The van der Waals surface area contributed by atoms with Crippen LogP contribution in [0.4, 0.5) is 9.93 Å². The Labute approximate surface area is 143 Å². The van der Waals surface area contributed by atoms with Gasteiger partial charge in [-0.2, -0.15) is 4.37 Å². The number of nitrogens with zero attached hydrogens (tertiary/aromatic N) is 3. The molecule has 0 atom stereocenters. The second-order valence-corrected chi connectivity index (χ2v) is 6.52. The maximum absolute atomic E-state index is 12.2. The van der Waals surface area contributed by atoms with Gasteiger partial charge in [-0.1, -0.05) is 11.6 Å². The van der Waals surface area contributed by atoms with E-state index in [2.05, 4.69) is 14.7 Å². The van der Waals surface area contributed by atoms with Crippen molar-refractivity contribution in [2.24, 2.45) is 0 Å². The second kappa shape index (κ2) is 7.14. The SMILES string of the molecule is Cc1nsc(NC(=O)N2CCC(Oc3ccc(Cl)cc3)CC2)n1.